The maximum absolute atomic E-state index is 6.77. The average molecular weight is 447 g/mol. The summed E-state index contributed by atoms with van der Waals surface area (Å²) in [6, 6.07) is 7.78. The highest BCUT2D eigenvalue weighted by atomic mass is 16.6. The van der Waals surface area contributed by atoms with Crippen molar-refractivity contribution in [2.45, 2.75) is 113 Å². The lowest BCUT2D eigenvalue weighted by atomic mass is 9.46. The summed E-state index contributed by atoms with van der Waals surface area (Å²) in [6.07, 6.45) is 19.4. The Morgan fingerprint density at radius 2 is 1.12 bits per heavy atom. The normalized spacial score (nSPS) is 49.4. The Morgan fingerprint density at radius 3 is 1.45 bits per heavy atom. The van der Waals surface area contributed by atoms with E-state index in [0.29, 0.717) is 16.9 Å². The van der Waals surface area contributed by atoms with Gasteiger partial charge in [0, 0.05) is 0 Å². The van der Waals surface area contributed by atoms with Crippen molar-refractivity contribution >= 4 is 0 Å². The van der Waals surface area contributed by atoms with Gasteiger partial charge in [0.25, 0.3) is 0 Å². The second-order valence-electron chi connectivity index (χ2n) is 14.1. The molecule has 8 aliphatic carbocycles. The number of epoxide rings is 1. The van der Waals surface area contributed by atoms with E-state index in [4.69, 9.17) is 9.47 Å². The van der Waals surface area contributed by atoms with Crippen LogP contribution in [0.25, 0.3) is 0 Å². The Kier molecular flexibility index (Phi) is 4.30. The molecule has 8 saturated carbocycles. The van der Waals surface area contributed by atoms with Crippen LogP contribution in [0.15, 0.2) is 18.2 Å². The van der Waals surface area contributed by atoms with E-state index in [0.717, 1.165) is 48.5 Å². The monoisotopic (exact) mass is 446 g/mol. The van der Waals surface area contributed by atoms with Gasteiger partial charge >= 0.3 is 0 Å². The molecule has 0 aromatic heterocycles. The lowest BCUT2D eigenvalue weighted by Crippen LogP contribution is -2.50. The summed E-state index contributed by atoms with van der Waals surface area (Å²) in [6.45, 7) is 3.14. The van der Waals surface area contributed by atoms with Gasteiger partial charge in [0.1, 0.15) is 18.0 Å². The van der Waals surface area contributed by atoms with Crippen LogP contribution in [-0.4, -0.2) is 18.8 Å². The minimum absolute atomic E-state index is 0.223. The molecule has 1 aromatic rings. The summed E-state index contributed by atoms with van der Waals surface area (Å²) >= 11 is 0. The van der Waals surface area contributed by atoms with Crippen LogP contribution in [0.4, 0.5) is 0 Å². The molecule has 1 aliphatic heterocycles. The first-order chi connectivity index (χ1) is 16.1. The van der Waals surface area contributed by atoms with Gasteiger partial charge in [-0.2, -0.15) is 0 Å². The maximum atomic E-state index is 6.77. The third kappa shape index (κ3) is 3.21. The topological polar surface area (TPSA) is 21.8 Å². The van der Waals surface area contributed by atoms with Crippen LogP contribution in [0.3, 0.4) is 0 Å². The Hall–Kier alpha value is -1.02. The van der Waals surface area contributed by atoms with Crippen LogP contribution >= 0.6 is 0 Å². The highest BCUT2D eigenvalue weighted by molar-refractivity contribution is 5.44. The SMILES string of the molecule is CCC(Oc1cc(C23CC4CC(CC(C4)C2)C3)cc(C23CC4CC(CC(C4)C2)C3)c1)C1CO1. The lowest BCUT2D eigenvalue weighted by molar-refractivity contribution is -0.00867. The van der Waals surface area contributed by atoms with Gasteiger partial charge in [-0.25, -0.2) is 0 Å². The zero-order valence-corrected chi connectivity index (χ0v) is 20.6. The molecule has 2 unspecified atom stereocenters. The summed E-state index contributed by atoms with van der Waals surface area (Å²) in [4.78, 5) is 0. The van der Waals surface area contributed by atoms with Gasteiger partial charge in [-0.1, -0.05) is 13.0 Å². The van der Waals surface area contributed by atoms with E-state index >= 15 is 0 Å². The van der Waals surface area contributed by atoms with Gasteiger partial charge < -0.3 is 9.47 Å². The van der Waals surface area contributed by atoms with E-state index in [-0.39, 0.29) is 6.10 Å². The van der Waals surface area contributed by atoms with Crippen molar-refractivity contribution in [2.75, 3.05) is 6.61 Å². The van der Waals surface area contributed by atoms with Crippen LogP contribution < -0.4 is 4.74 Å². The largest absolute Gasteiger partial charge is 0.488 e. The number of hydrogen-bond acceptors (Lipinski definition) is 2. The second-order valence-corrected chi connectivity index (χ2v) is 14.1. The van der Waals surface area contributed by atoms with Crippen molar-refractivity contribution in [3.05, 3.63) is 29.3 Å². The first-order valence-corrected chi connectivity index (χ1v) is 14.5. The minimum Gasteiger partial charge on any atom is -0.488 e. The van der Waals surface area contributed by atoms with Gasteiger partial charge in [0.15, 0.2) is 0 Å². The number of benzene rings is 1. The molecule has 8 bridgehead atoms. The van der Waals surface area contributed by atoms with Crippen molar-refractivity contribution in [2.24, 2.45) is 35.5 Å². The van der Waals surface area contributed by atoms with Gasteiger partial charge in [0.05, 0.1) is 6.61 Å². The summed E-state index contributed by atoms with van der Waals surface area (Å²) in [5.41, 5.74) is 4.25. The smallest absolute Gasteiger partial charge is 0.127 e. The van der Waals surface area contributed by atoms with Gasteiger partial charge in [-0.15, -0.1) is 0 Å². The van der Waals surface area contributed by atoms with E-state index in [1.807, 2.05) is 0 Å². The molecule has 1 aromatic carbocycles. The Labute approximate surface area is 200 Å². The summed E-state index contributed by atoms with van der Waals surface area (Å²) < 4.78 is 12.4. The average Bonchev–Trinajstić information content (AvgIpc) is 3.61. The fourth-order valence-corrected chi connectivity index (χ4v) is 11.1. The van der Waals surface area contributed by atoms with Gasteiger partial charge in [-0.3, -0.25) is 0 Å². The van der Waals surface area contributed by atoms with E-state index in [2.05, 4.69) is 25.1 Å². The Balaban J connectivity index is 1.22. The van der Waals surface area contributed by atoms with E-state index in [9.17, 15) is 0 Å². The molecule has 33 heavy (non-hydrogen) atoms. The fourth-order valence-electron chi connectivity index (χ4n) is 11.1. The van der Waals surface area contributed by atoms with Crippen LogP contribution in [0.5, 0.6) is 5.75 Å². The molecule has 2 heteroatoms. The molecule has 0 spiro atoms. The van der Waals surface area contributed by atoms with Crippen LogP contribution in [-0.2, 0) is 15.6 Å². The molecule has 0 radical (unpaired) electrons. The molecule has 9 aliphatic rings. The Morgan fingerprint density at radius 1 is 0.727 bits per heavy atom. The molecular weight excluding hydrogens is 404 g/mol. The molecule has 0 amide bonds. The minimum atomic E-state index is 0.223. The number of rotatable bonds is 6. The van der Waals surface area contributed by atoms with E-state index in [1.54, 1.807) is 11.1 Å². The molecule has 178 valence electrons. The molecule has 1 heterocycles. The highest BCUT2D eigenvalue weighted by Gasteiger charge is 2.54. The third-order valence-corrected chi connectivity index (χ3v) is 11.7. The summed E-state index contributed by atoms with van der Waals surface area (Å²) in [7, 11) is 0. The number of hydrogen-bond donors (Lipinski definition) is 0. The zero-order valence-electron chi connectivity index (χ0n) is 20.6. The lowest BCUT2D eigenvalue weighted by Gasteiger charge is -2.58. The highest BCUT2D eigenvalue weighted by Crippen LogP contribution is 2.63. The number of ether oxygens (including phenoxy) is 2. The van der Waals surface area contributed by atoms with Crippen molar-refractivity contribution < 1.29 is 9.47 Å². The molecule has 1 saturated heterocycles. The molecular formula is C31H42O2. The summed E-state index contributed by atoms with van der Waals surface area (Å²) in [5.74, 6) is 7.13. The molecule has 0 N–H and O–H groups in total. The predicted octanol–water partition coefficient (Wildman–Crippen LogP) is 7.18. The van der Waals surface area contributed by atoms with Crippen molar-refractivity contribution in [3.8, 4) is 5.75 Å². The fraction of sp³-hybridized carbons (Fsp3) is 0.806. The Bertz CT molecular complexity index is 809. The van der Waals surface area contributed by atoms with Gasteiger partial charge in [-0.05, 0) is 153 Å². The molecule has 9 fully saturated rings. The van der Waals surface area contributed by atoms with Crippen LogP contribution in [0, 0.1) is 35.5 Å². The van der Waals surface area contributed by atoms with Crippen molar-refractivity contribution in [3.63, 3.8) is 0 Å². The standard InChI is InChI=1S/C31H42O2/c1-2-28(29-18-32-29)33-27-10-25(30-12-19-3-20(13-30)5-21(4-19)14-30)9-26(11-27)31-15-22-6-23(16-31)8-24(7-22)17-31/h9-11,19-24,28-29H,2-8,12-18H2,1H3. The van der Waals surface area contributed by atoms with Crippen molar-refractivity contribution in [1.82, 2.24) is 0 Å². The van der Waals surface area contributed by atoms with Crippen LogP contribution in [0.2, 0.25) is 0 Å². The second kappa shape index (κ2) is 7.02. The first kappa shape index (κ1) is 20.2. The van der Waals surface area contributed by atoms with Gasteiger partial charge in [0.2, 0.25) is 0 Å². The van der Waals surface area contributed by atoms with E-state index in [1.165, 1.54) is 82.8 Å². The maximum Gasteiger partial charge on any atom is 0.127 e. The van der Waals surface area contributed by atoms with Crippen molar-refractivity contribution in [1.29, 1.82) is 0 Å². The van der Waals surface area contributed by atoms with E-state index < -0.39 is 0 Å². The molecule has 2 nitrogen and oxygen atoms in total. The molecule has 10 rings (SSSR count). The molecule has 2 atom stereocenters. The zero-order chi connectivity index (χ0) is 21.8. The third-order valence-electron chi connectivity index (χ3n) is 11.7. The van der Waals surface area contributed by atoms with Crippen LogP contribution in [0.1, 0.15) is 102 Å². The predicted molar refractivity (Wildman–Crippen MR) is 131 cm³/mol. The summed E-state index contributed by atoms with van der Waals surface area (Å²) in [5, 5.41) is 0. The first-order valence-electron chi connectivity index (χ1n) is 14.5. The quantitative estimate of drug-likeness (QED) is 0.432.